The minimum atomic E-state index is -0.730. The number of halogens is 1. The summed E-state index contributed by atoms with van der Waals surface area (Å²) in [6.45, 7) is 0.528. The first kappa shape index (κ1) is 13.2. The first-order chi connectivity index (χ1) is 8.49. The van der Waals surface area contributed by atoms with Crippen LogP contribution in [0.3, 0.4) is 0 Å². The molecule has 18 heavy (non-hydrogen) atoms. The molecule has 2 N–H and O–H groups in total. The summed E-state index contributed by atoms with van der Waals surface area (Å²) in [7, 11) is 3.88. The fourth-order valence-electron chi connectivity index (χ4n) is 2.27. The third-order valence-corrected chi connectivity index (χ3v) is 3.65. The minimum Gasteiger partial charge on any atom is -0.481 e. The van der Waals surface area contributed by atoms with E-state index in [1.807, 2.05) is 37.2 Å². The molecule has 0 radical (unpaired) electrons. The summed E-state index contributed by atoms with van der Waals surface area (Å²) in [5.74, 6) is -1.03. The molecular weight excluding hydrogens is 252 g/mol. The van der Waals surface area contributed by atoms with E-state index in [0.29, 0.717) is 18.0 Å². The molecule has 1 aliphatic heterocycles. The Bertz CT molecular complexity index is 462. The van der Waals surface area contributed by atoms with Crippen molar-refractivity contribution in [2.24, 2.45) is 5.92 Å². The number of nitrogens with one attached hydrogen (secondary N) is 1. The van der Waals surface area contributed by atoms with E-state index in [4.69, 9.17) is 16.7 Å². The molecule has 1 saturated heterocycles. The summed E-state index contributed by atoms with van der Waals surface area (Å²) < 4.78 is 0. The summed E-state index contributed by atoms with van der Waals surface area (Å²) in [6, 6.07) is 5.94. The lowest BCUT2D eigenvalue weighted by atomic mass is 9.99. The second-order valence-electron chi connectivity index (χ2n) is 4.84. The van der Waals surface area contributed by atoms with E-state index < -0.39 is 5.97 Å². The second kappa shape index (κ2) is 5.16. The quantitative estimate of drug-likeness (QED) is 0.882. The van der Waals surface area contributed by atoms with E-state index in [1.165, 1.54) is 0 Å². The molecule has 98 valence electrons. The molecule has 1 aromatic carbocycles. The highest BCUT2D eigenvalue weighted by atomic mass is 35.5. The van der Waals surface area contributed by atoms with Crippen LogP contribution in [-0.4, -0.2) is 31.7 Å². The molecule has 0 saturated carbocycles. The van der Waals surface area contributed by atoms with Gasteiger partial charge in [-0.1, -0.05) is 17.7 Å². The average Bonchev–Trinajstić information content (AvgIpc) is 2.78. The van der Waals surface area contributed by atoms with E-state index in [1.54, 1.807) is 0 Å². The number of rotatable bonds is 3. The van der Waals surface area contributed by atoms with E-state index in [9.17, 15) is 4.79 Å². The summed E-state index contributed by atoms with van der Waals surface area (Å²) in [6.07, 6.45) is 0.629. The van der Waals surface area contributed by atoms with Gasteiger partial charge in [0.15, 0.2) is 0 Å². The molecule has 0 amide bonds. The van der Waals surface area contributed by atoms with E-state index in [-0.39, 0.29) is 12.0 Å². The van der Waals surface area contributed by atoms with Gasteiger partial charge in [-0.25, -0.2) is 0 Å². The Hall–Kier alpha value is -1.26. The van der Waals surface area contributed by atoms with Gasteiger partial charge in [-0.05, 0) is 24.1 Å². The number of carbonyl (C=O) groups is 1. The maximum absolute atomic E-state index is 10.9. The molecule has 0 aromatic heterocycles. The predicted octanol–water partition coefficient (Wildman–Crippen LogP) is 2.14. The van der Waals surface area contributed by atoms with Crippen LogP contribution in [0.15, 0.2) is 18.2 Å². The van der Waals surface area contributed by atoms with E-state index in [0.717, 1.165) is 11.3 Å². The van der Waals surface area contributed by atoms with Gasteiger partial charge in [0.05, 0.1) is 16.6 Å². The van der Waals surface area contributed by atoms with E-state index in [2.05, 4.69) is 5.32 Å². The van der Waals surface area contributed by atoms with Crippen molar-refractivity contribution in [3.05, 3.63) is 28.8 Å². The minimum absolute atomic E-state index is 0.0991. The van der Waals surface area contributed by atoms with Crippen LogP contribution in [0.2, 0.25) is 5.02 Å². The van der Waals surface area contributed by atoms with Crippen LogP contribution in [-0.2, 0) is 4.79 Å². The zero-order chi connectivity index (χ0) is 13.3. The van der Waals surface area contributed by atoms with Crippen molar-refractivity contribution >= 4 is 23.3 Å². The van der Waals surface area contributed by atoms with Gasteiger partial charge in [0.1, 0.15) is 0 Å². The third kappa shape index (κ3) is 2.60. The molecule has 2 rings (SSSR count). The number of aliphatic carboxylic acids is 1. The molecule has 1 fully saturated rings. The highest BCUT2D eigenvalue weighted by Gasteiger charge is 2.30. The highest BCUT2D eigenvalue weighted by molar-refractivity contribution is 6.33. The standard InChI is InChI=1S/C13H17ClN2O2/c1-16(2)12-6-8(3-4-10(12)14)11-5-9(7-15-11)13(17)18/h3-4,6,9,11,15H,5,7H2,1-2H3,(H,17,18). The van der Waals surface area contributed by atoms with Crippen LogP contribution >= 0.6 is 11.6 Å². The third-order valence-electron chi connectivity index (χ3n) is 3.33. The maximum atomic E-state index is 10.9. The van der Waals surface area contributed by atoms with Gasteiger partial charge in [0, 0.05) is 26.7 Å². The molecule has 2 unspecified atom stereocenters. The van der Waals surface area contributed by atoms with Crippen molar-refractivity contribution in [3.8, 4) is 0 Å². The molecule has 5 heteroatoms. The number of hydrogen-bond acceptors (Lipinski definition) is 3. The fraction of sp³-hybridized carbons (Fsp3) is 0.462. The number of carboxylic acid groups (broad SMARTS) is 1. The lowest BCUT2D eigenvalue weighted by Crippen LogP contribution is -2.17. The van der Waals surface area contributed by atoms with Gasteiger partial charge in [-0.15, -0.1) is 0 Å². The van der Waals surface area contributed by atoms with Crippen molar-refractivity contribution in [2.75, 3.05) is 25.5 Å². The predicted molar refractivity (Wildman–Crippen MR) is 72.3 cm³/mol. The van der Waals surface area contributed by atoms with Crippen molar-refractivity contribution in [1.29, 1.82) is 0 Å². The summed E-state index contributed by atoms with van der Waals surface area (Å²) in [5.41, 5.74) is 2.04. The monoisotopic (exact) mass is 268 g/mol. The van der Waals surface area contributed by atoms with Crippen LogP contribution in [0.5, 0.6) is 0 Å². The Labute approximate surface area is 112 Å². The summed E-state index contributed by atoms with van der Waals surface area (Å²) >= 11 is 6.12. The molecule has 1 aromatic rings. The lowest BCUT2D eigenvalue weighted by molar-refractivity contribution is -0.141. The number of benzene rings is 1. The van der Waals surface area contributed by atoms with Crippen LogP contribution in [0.4, 0.5) is 5.69 Å². The lowest BCUT2D eigenvalue weighted by Gasteiger charge is -2.18. The van der Waals surface area contributed by atoms with Gasteiger partial charge in [-0.2, -0.15) is 0 Å². The van der Waals surface area contributed by atoms with Crippen LogP contribution in [0, 0.1) is 5.92 Å². The molecular formula is C13H17ClN2O2. The molecule has 4 nitrogen and oxygen atoms in total. The molecule has 1 aliphatic rings. The zero-order valence-electron chi connectivity index (χ0n) is 10.5. The highest BCUT2D eigenvalue weighted by Crippen LogP contribution is 2.32. The molecule has 0 aliphatic carbocycles. The van der Waals surface area contributed by atoms with Gasteiger partial charge >= 0.3 is 5.97 Å². The number of hydrogen-bond donors (Lipinski definition) is 2. The first-order valence-corrected chi connectivity index (χ1v) is 6.30. The van der Waals surface area contributed by atoms with E-state index >= 15 is 0 Å². The fourth-order valence-corrected chi connectivity index (χ4v) is 2.55. The van der Waals surface area contributed by atoms with Gasteiger partial charge in [-0.3, -0.25) is 4.79 Å². The zero-order valence-corrected chi connectivity index (χ0v) is 11.2. The van der Waals surface area contributed by atoms with Crippen molar-refractivity contribution in [3.63, 3.8) is 0 Å². The van der Waals surface area contributed by atoms with Crippen LogP contribution in [0.25, 0.3) is 0 Å². The van der Waals surface area contributed by atoms with Crippen molar-refractivity contribution in [1.82, 2.24) is 5.32 Å². The number of carboxylic acids is 1. The Kier molecular flexibility index (Phi) is 3.78. The smallest absolute Gasteiger partial charge is 0.307 e. The summed E-state index contributed by atoms with van der Waals surface area (Å²) in [4.78, 5) is 12.9. The largest absolute Gasteiger partial charge is 0.481 e. The van der Waals surface area contributed by atoms with Gasteiger partial charge < -0.3 is 15.3 Å². The molecule has 0 bridgehead atoms. The Morgan fingerprint density at radius 3 is 2.78 bits per heavy atom. The second-order valence-corrected chi connectivity index (χ2v) is 5.24. The first-order valence-electron chi connectivity index (χ1n) is 5.92. The Morgan fingerprint density at radius 1 is 1.50 bits per heavy atom. The number of anilines is 1. The number of nitrogens with zero attached hydrogens (tertiary/aromatic N) is 1. The normalized spacial score (nSPS) is 23.1. The van der Waals surface area contributed by atoms with Crippen LogP contribution < -0.4 is 10.2 Å². The molecule has 1 heterocycles. The SMILES string of the molecule is CN(C)c1cc(C2CC(C(=O)O)CN2)ccc1Cl. The molecule has 0 spiro atoms. The average molecular weight is 269 g/mol. The van der Waals surface area contributed by atoms with Crippen molar-refractivity contribution < 1.29 is 9.90 Å². The molecule has 2 atom stereocenters. The Balaban J connectivity index is 2.20. The topological polar surface area (TPSA) is 52.6 Å². The van der Waals surface area contributed by atoms with Crippen molar-refractivity contribution in [2.45, 2.75) is 12.5 Å². The van der Waals surface area contributed by atoms with Gasteiger partial charge in [0.2, 0.25) is 0 Å². The van der Waals surface area contributed by atoms with Gasteiger partial charge in [0.25, 0.3) is 0 Å². The Morgan fingerprint density at radius 2 is 2.22 bits per heavy atom. The maximum Gasteiger partial charge on any atom is 0.307 e. The summed E-state index contributed by atoms with van der Waals surface area (Å²) in [5, 5.41) is 12.9. The van der Waals surface area contributed by atoms with Crippen LogP contribution in [0.1, 0.15) is 18.0 Å².